The van der Waals surface area contributed by atoms with E-state index in [-0.39, 0.29) is 38.7 Å². The molecule has 162 valence electrons. The van der Waals surface area contributed by atoms with Crippen molar-refractivity contribution in [3.05, 3.63) is 68.7 Å². The SMILES string of the molecule is COc1c(Cl)cc(/C(O)=C2\C(=O)C(=O)N(C3CCCC3)C2c2ccccc2C)cc1Cl. The van der Waals surface area contributed by atoms with Crippen molar-refractivity contribution in [3.63, 3.8) is 0 Å². The van der Waals surface area contributed by atoms with Gasteiger partial charge in [-0.1, -0.05) is 60.3 Å². The fourth-order valence-electron chi connectivity index (χ4n) is 4.66. The first-order chi connectivity index (χ1) is 14.8. The molecule has 1 unspecified atom stereocenters. The molecule has 1 amide bonds. The van der Waals surface area contributed by atoms with Crippen LogP contribution in [0.3, 0.4) is 0 Å². The molecule has 0 bridgehead atoms. The van der Waals surface area contributed by atoms with E-state index in [4.69, 9.17) is 27.9 Å². The van der Waals surface area contributed by atoms with E-state index in [1.165, 1.54) is 19.2 Å². The number of ketones is 1. The van der Waals surface area contributed by atoms with Crippen LogP contribution in [0.5, 0.6) is 5.75 Å². The molecule has 2 aliphatic rings. The maximum atomic E-state index is 13.2. The van der Waals surface area contributed by atoms with Crippen LogP contribution in [0.2, 0.25) is 10.0 Å². The second-order valence-corrected chi connectivity index (χ2v) is 8.79. The van der Waals surface area contributed by atoms with E-state index in [1.807, 2.05) is 31.2 Å². The van der Waals surface area contributed by atoms with Crippen molar-refractivity contribution in [2.45, 2.75) is 44.7 Å². The number of carbonyl (C=O) groups is 2. The van der Waals surface area contributed by atoms with Gasteiger partial charge in [0.25, 0.3) is 11.7 Å². The van der Waals surface area contributed by atoms with E-state index in [9.17, 15) is 14.7 Å². The van der Waals surface area contributed by atoms with Crippen molar-refractivity contribution < 1.29 is 19.4 Å². The molecule has 4 rings (SSSR count). The number of aliphatic hydroxyl groups excluding tert-OH is 1. The first-order valence-electron chi connectivity index (χ1n) is 10.2. The van der Waals surface area contributed by atoms with Crippen LogP contribution < -0.4 is 4.74 Å². The minimum atomic E-state index is -0.694. The number of Topliss-reactive ketones (excluding diaryl/α,β-unsaturated/α-hetero) is 1. The Bertz CT molecular complexity index is 1070. The number of benzene rings is 2. The molecule has 31 heavy (non-hydrogen) atoms. The highest BCUT2D eigenvalue weighted by atomic mass is 35.5. The zero-order chi connectivity index (χ0) is 22.3. The molecular weight excluding hydrogens is 437 g/mol. The molecule has 5 nitrogen and oxygen atoms in total. The standard InChI is InChI=1S/C24H23Cl2NO4/c1-13-7-3-6-10-16(13)20-19(22(29)24(30)27(20)15-8-4-5-9-15)21(28)14-11-17(25)23(31-2)18(26)12-14/h3,6-7,10-12,15,20,28H,4-5,8-9H2,1-2H3/b21-19+. The molecule has 2 aromatic carbocycles. The molecule has 0 radical (unpaired) electrons. The second-order valence-electron chi connectivity index (χ2n) is 7.97. The Kier molecular flexibility index (Phi) is 6.00. The average Bonchev–Trinajstić information content (AvgIpc) is 3.35. The van der Waals surface area contributed by atoms with Crippen LogP contribution in [-0.4, -0.2) is 34.8 Å². The molecule has 1 N–H and O–H groups in total. The summed E-state index contributed by atoms with van der Waals surface area (Å²) in [6.07, 6.45) is 3.71. The number of carbonyl (C=O) groups excluding carboxylic acids is 2. The van der Waals surface area contributed by atoms with E-state index in [0.717, 1.165) is 36.8 Å². The zero-order valence-corrected chi connectivity index (χ0v) is 18.8. The maximum absolute atomic E-state index is 13.2. The topological polar surface area (TPSA) is 66.8 Å². The van der Waals surface area contributed by atoms with E-state index < -0.39 is 17.7 Å². The third-order valence-corrected chi connectivity index (χ3v) is 6.72. The van der Waals surface area contributed by atoms with Crippen LogP contribution >= 0.6 is 23.2 Å². The van der Waals surface area contributed by atoms with Crippen molar-refractivity contribution in [1.82, 2.24) is 4.90 Å². The van der Waals surface area contributed by atoms with Crippen LogP contribution in [0.4, 0.5) is 0 Å². The lowest BCUT2D eigenvalue weighted by molar-refractivity contribution is -0.141. The number of hydrogen-bond acceptors (Lipinski definition) is 4. The number of rotatable bonds is 4. The predicted molar refractivity (Wildman–Crippen MR) is 121 cm³/mol. The van der Waals surface area contributed by atoms with Gasteiger partial charge in [-0.3, -0.25) is 9.59 Å². The number of nitrogens with zero attached hydrogens (tertiary/aromatic N) is 1. The number of ether oxygens (including phenoxy) is 1. The average molecular weight is 460 g/mol. The van der Waals surface area contributed by atoms with Gasteiger partial charge in [-0.2, -0.15) is 0 Å². The van der Waals surface area contributed by atoms with Crippen LogP contribution in [-0.2, 0) is 9.59 Å². The van der Waals surface area contributed by atoms with Gasteiger partial charge in [-0.15, -0.1) is 0 Å². The monoisotopic (exact) mass is 459 g/mol. The smallest absolute Gasteiger partial charge is 0.295 e. The summed E-state index contributed by atoms with van der Waals surface area (Å²) >= 11 is 12.5. The normalized spacial score (nSPS) is 21.2. The van der Waals surface area contributed by atoms with Gasteiger partial charge in [0.15, 0.2) is 5.75 Å². The van der Waals surface area contributed by atoms with E-state index >= 15 is 0 Å². The number of hydrogen-bond donors (Lipinski definition) is 1. The van der Waals surface area contributed by atoms with Gasteiger partial charge in [0, 0.05) is 11.6 Å². The van der Waals surface area contributed by atoms with Gasteiger partial charge in [0.1, 0.15) is 5.76 Å². The Morgan fingerprint density at radius 3 is 2.29 bits per heavy atom. The van der Waals surface area contributed by atoms with Gasteiger partial charge >= 0.3 is 0 Å². The van der Waals surface area contributed by atoms with Crippen LogP contribution in [0, 0.1) is 6.92 Å². The number of halogens is 2. The Hall–Kier alpha value is -2.50. The molecule has 1 aliphatic carbocycles. The van der Waals surface area contributed by atoms with Crippen molar-refractivity contribution in [2.75, 3.05) is 7.11 Å². The molecule has 2 fully saturated rings. The lowest BCUT2D eigenvalue weighted by atomic mass is 9.92. The predicted octanol–water partition coefficient (Wildman–Crippen LogP) is 5.67. The first-order valence-corrected chi connectivity index (χ1v) is 11.0. The summed E-state index contributed by atoms with van der Waals surface area (Å²) < 4.78 is 5.17. The first kappa shape index (κ1) is 21.7. The summed E-state index contributed by atoms with van der Waals surface area (Å²) in [5.74, 6) is -1.28. The summed E-state index contributed by atoms with van der Waals surface area (Å²) in [5.41, 5.74) is 2.08. The minimum absolute atomic E-state index is 0.0330. The summed E-state index contributed by atoms with van der Waals surface area (Å²) in [4.78, 5) is 28.0. The highest BCUT2D eigenvalue weighted by molar-refractivity contribution is 6.47. The van der Waals surface area contributed by atoms with E-state index in [2.05, 4.69) is 0 Å². The number of aryl methyl sites for hydroxylation is 1. The minimum Gasteiger partial charge on any atom is -0.507 e. The molecule has 0 aromatic heterocycles. The fraction of sp³-hybridized carbons (Fsp3) is 0.333. The van der Waals surface area contributed by atoms with Gasteiger partial charge < -0.3 is 14.7 Å². The Morgan fingerprint density at radius 2 is 1.71 bits per heavy atom. The molecule has 1 saturated heterocycles. The lowest BCUT2D eigenvalue weighted by Crippen LogP contribution is -2.37. The quantitative estimate of drug-likeness (QED) is 0.363. The summed E-state index contributed by atoms with van der Waals surface area (Å²) in [6.45, 7) is 1.94. The molecule has 0 spiro atoms. The number of aliphatic hydroxyl groups is 1. The highest BCUT2D eigenvalue weighted by Gasteiger charge is 2.49. The Morgan fingerprint density at radius 1 is 1.10 bits per heavy atom. The molecule has 1 heterocycles. The summed E-state index contributed by atoms with van der Waals surface area (Å²) in [6, 6.07) is 9.89. The maximum Gasteiger partial charge on any atom is 0.295 e. The molecule has 1 atom stereocenters. The van der Waals surface area contributed by atoms with Gasteiger partial charge in [-0.25, -0.2) is 0 Å². The van der Waals surface area contributed by atoms with Crippen LogP contribution in [0.25, 0.3) is 5.76 Å². The third-order valence-electron chi connectivity index (χ3n) is 6.16. The molecule has 1 aliphatic heterocycles. The zero-order valence-electron chi connectivity index (χ0n) is 17.3. The summed E-state index contributed by atoms with van der Waals surface area (Å²) in [7, 11) is 1.44. The van der Waals surface area contributed by atoms with Gasteiger partial charge in [0.2, 0.25) is 0 Å². The Labute approximate surface area is 191 Å². The van der Waals surface area contributed by atoms with Gasteiger partial charge in [0.05, 0.1) is 28.8 Å². The lowest BCUT2D eigenvalue weighted by Gasteiger charge is -2.31. The molecule has 2 aromatic rings. The van der Waals surface area contributed by atoms with Crippen molar-refractivity contribution in [3.8, 4) is 5.75 Å². The second kappa shape index (κ2) is 8.56. The van der Waals surface area contributed by atoms with Crippen molar-refractivity contribution >= 4 is 40.7 Å². The fourth-order valence-corrected chi connectivity index (χ4v) is 5.30. The van der Waals surface area contributed by atoms with Gasteiger partial charge in [-0.05, 0) is 43.0 Å². The third kappa shape index (κ3) is 3.70. The molecular formula is C24H23Cl2NO4. The van der Waals surface area contributed by atoms with Crippen LogP contribution in [0.1, 0.15) is 48.4 Å². The number of amides is 1. The van der Waals surface area contributed by atoms with Crippen molar-refractivity contribution in [1.29, 1.82) is 0 Å². The van der Waals surface area contributed by atoms with Crippen LogP contribution in [0.15, 0.2) is 42.0 Å². The van der Waals surface area contributed by atoms with Crippen molar-refractivity contribution in [2.24, 2.45) is 0 Å². The molecule has 1 saturated carbocycles. The highest BCUT2D eigenvalue weighted by Crippen LogP contribution is 2.45. The molecule has 7 heteroatoms. The number of methoxy groups -OCH3 is 1. The van der Waals surface area contributed by atoms with E-state index in [0.29, 0.717) is 0 Å². The largest absolute Gasteiger partial charge is 0.507 e. The van der Waals surface area contributed by atoms with E-state index in [1.54, 1.807) is 4.90 Å². The number of likely N-dealkylation sites (tertiary alicyclic amines) is 1. The summed E-state index contributed by atoms with van der Waals surface area (Å²) in [5, 5.41) is 11.6. The Balaban J connectivity index is 1.93.